The van der Waals surface area contributed by atoms with E-state index in [1.807, 2.05) is 0 Å². The predicted molar refractivity (Wildman–Crippen MR) is 59.7 cm³/mol. The van der Waals surface area contributed by atoms with E-state index in [9.17, 15) is 9.18 Å². The van der Waals surface area contributed by atoms with Crippen LogP contribution >= 0.6 is 12.2 Å². The molecule has 2 rings (SSSR count). The van der Waals surface area contributed by atoms with Crippen LogP contribution in [0.5, 0.6) is 0 Å². The summed E-state index contributed by atoms with van der Waals surface area (Å²) in [6.07, 6.45) is -1.64. The number of carbonyl (C=O) groups is 1. The standard InChI is InChI=1S/C11H9FO4S/c1-14-10(13)9-8(15-11(17)16-9)6-2-4-7(12)5-3-6/h2-5,8-9H,1H3. The predicted octanol–water partition coefficient (Wildman–Crippen LogP) is 1.74. The van der Waals surface area contributed by atoms with Crippen molar-refractivity contribution in [3.8, 4) is 0 Å². The number of benzene rings is 1. The summed E-state index contributed by atoms with van der Waals surface area (Å²) in [6.45, 7) is 0. The highest BCUT2D eigenvalue weighted by molar-refractivity contribution is 7.79. The minimum absolute atomic E-state index is 0.116. The third-order valence-electron chi connectivity index (χ3n) is 2.35. The molecule has 0 radical (unpaired) electrons. The lowest BCUT2D eigenvalue weighted by molar-refractivity contribution is -0.150. The maximum atomic E-state index is 12.8. The molecule has 0 aromatic heterocycles. The average molecular weight is 256 g/mol. The van der Waals surface area contributed by atoms with Crippen molar-refractivity contribution < 1.29 is 23.4 Å². The summed E-state index contributed by atoms with van der Waals surface area (Å²) in [5.74, 6) is -0.955. The Morgan fingerprint density at radius 2 is 2.00 bits per heavy atom. The normalized spacial score (nSPS) is 22.8. The van der Waals surface area contributed by atoms with Crippen molar-refractivity contribution in [1.82, 2.24) is 0 Å². The van der Waals surface area contributed by atoms with Gasteiger partial charge in [0.05, 0.1) is 7.11 Å². The lowest BCUT2D eigenvalue weighted by atomic mass is 10.0. The summed E-state index contributed by atoms with van der Waals surface area (Å²) in [7, 11) is 1.24. The molecule has 1 aromatic carbocycles. The van der Waals surface area contributed by atoms with Gasteiger partial charge >= 0.3 is 11.2 Å². The molecule has 0 N–H and O–H groups in total. The lowest BCUT2D eigenvalue weighted by Gasteiger charge is -2.13. The van der Waals surface area contributed by atoms with Gasteiger partial charge in [-0.1, -0.05) is 12.1 Å². The van der Waals surface area contributed by atoms with Gasteiger partial charge in [0.15, 0.2) is 6.10 Å². The highest BCUT2D eigenvalue weighted by Crippen LogP contribution is 2.31. The molecule has 0 amide bonds. The molecule has 1 aromatic rings. The Bertz CT molecular complexity index is 445. The highest BCUT2D eigenvalue weighted by atomic mass is 32.1. The summed E-state index contributed by atoms with van der Waals surface area (Å²) in [4.78, 5) is 11.4. The topological polar surface area (TPSA) is 44.8 Å². The average Bonchev–Trinajstić information content (AvgIpc) is 2.71. The molecule has 4 nitrogen and oxygen atoms in total. The van der Waals surface area contributed by atoms with Crippen LogP contribution in [0.25, 0.3) is 0 Å². The lowest BCUT2D eigenvalue weighted by Crippen LogP contribution is -2.27. The number of rotatable bonds is 2. The molecule has 6 heteroatoms. The van der Waals surface area contributed by atoms with Gasteiger partial charge in [0, 0.05) is 12.2 Å². The zero-order valence-corrected chi connectivity index (χ0v) is 9.70. The van der Waals surface area contributed by atoms with Crippen LogP contribution in [-0.2, 0) is 19.0 Å². The zero-order valence-electron chi connectivity index (χ0n) is 8.88. The third-order valence-corrected chi connectivity index (χ3v) is 2.55. The number of esters is 1. The van der Waals surface area contributed by atoms with Crippen LogP contribution < -0.4 is 0 Å². The van der Waals surface area contributed by atoms with E-state index in [0.717, 1.165) is 0 Å². The molecular formula is C11H9FO4S. The van der Waals surface area contributed by atoms with E-state index in [0.29, 0.717) is 5.56 Å². The molecule has 1 fully saturated rings. The van der Waals surface area contributed by atoms with E-state index in [-0.39, 0.29) is 11.1 Å². The molecule has 17 heavy (non-hydrogen) atoms. The number of hydrogen-bond donors (Lipinski definition) is 0. The van der Waals surface area contributed by atoms with Gasteiger partial charge in [-0.15, -0.1) is 0 Å². The minimum Gasteiger partial charge on any atom is -0.466 e. The second kappa shape index (κ2) is 4.67. The van der Waals surface area contributed by atoms with E-state index in [4.69, 9.17) is 21.7 Å². The first-order valence-electron chi connectivity index (χ1n) is 4.82. The van der Waals surface area contributed by atoms with Crippen LogP contribution in [0.2, 0.25) is 0 Å². The first-order chi connectivity index (χ1) is 8.11. The number of ether oxygens (including phenoxy) is 3. The van der Waals surface area contributed by atoms with Crippen molar-refractivity contribution in [2.45, 2.75) is 12.2 Å². The molecule has 0 spiro atoms. The summed E-state index contributed by atoms with van der Waals surface area (Å²) >= 11 is 4.74. The molecule has 1 saturated heterocycles. The van der Waals surface area contributed by atoms with Gasteiger partial charge in [-0.3, -0.25) is 0 Å². The molecule has 1 aliphatic heterocycles. The number of thiocarbonyl (C=S) groups is 1. The molecule has 0 aliphatic carbocycles. The number of hydrogen-bond acceptors (Lipinski definition) is 5. The van der Waals surface area contributed by atoms with Crippen molar-refractivity contribution in [2.24, 2.45) is 0 Å². The van der Waals surface area contributed by atoms with Gasteiger partial charge in [0.25, 0.3) is 0 Å². The van der Waals surface area contributed by atoms with Crippen LogP contribution in [0.3, 0.4) is 0 Å². The molecule has 90 valence electrons. The highest BCUT2D eigenvalue weighted by Gasteiger charge is 2.41. The Morgan fingerprint density at radius 3 is 2.59 bits per heavy atom. The summed E-state index contributed by atoms with van der Waals surface area (Å²) in [5.41, 5.74) is 0.599. The summed E-state index contributed by atoms with van der Waals surface area (Å²) in [5, 5.41) is -0.116. The van der Waals surface area contributed by atoms with Gasteiger partial charge in [0.1, 0.15) is 5.82 Å². The van der Waals surface area contributed by atoms with Crippen molar-refractivity contribution in [3.05, 3.63) is 35.6 Å². The van der Waals surface area contributed by atoms with E-state index in [2.05, 4.69) is 4.74 Å². The molecule has 2 unspecified atom stereocenters. The summed E-state index contributed by atoms with van der Waals surface area (Å²) in [6, 6.07) is 5.56. The first kappa shape index (κ1) is 11.8. The van der Waals surface area contributed by atoms with Gasteiger partial charge in [-0.25, -0.2) is 9.18 Å². The van der Waals surface area contributed by atoms with Crippen LogP contribution in [-0.4, -0.2) is 24.4 Å². The maximum absolute atomic E-state index is 12.8. The Kier molecular flexibility index (Phi) is 3.23. The van der Waals surface area contributed by atoms with E-state index in [1.165, 1.54) is 31.4 Å². The zero-order chi connectivity index (χ0) is 12.4. The smallest absolute Gasteiger partial charge is 0.354 e. The SMILES string of the molecule is COC(=O)C1OC(=S)OC1c1ccc(F)cc1. The fourth-order valence-corrected chi connectivity index (χ4v) is 1.75. The van der Waals surface area contributed by atoms with Crippen molar-refractivity contribution in [1.29, 1.82) is 0 Å². The van der Waals surface area contributed by atoms with Crippen LogP contribution in [0.4, 0.5) is 4.39 Å². The Hall–Kier alpha value is -1.69. The number of methoxy groups -OCH3 is 1. The third kappa shape index (κ3) is 2.36. The first-order valence-corrected chi connectivity index (χ1v) is 5.23. The molecule has 2 atom stereocenters. The second-order valence-corrected chi connectivity index (χ2v) is 3.73. The number of halogens is 1. The van der Waals surface area contributed by atoms with Crippen molar-refractivity contribution >= 4 is 23.4 Å². The summed E-state index contributed by atoms with van der Waals surface area (Å²) < 4.78 is 27.6. The van der Waals surface area contributed by atoms with Crippen LogP contribution in [0.15, 0.2) is 24.3 Å². The fourth-order valence-electron chi connectivity index (χ4n) is 1.54. The van der Waals surface area contributed by atoms with Gasteiger partial charge < -0.3 is 14.2 Å². The monoisotopic (exact) mass is 256 g/mol. The Balaban J connectivity index is 2.26. The Morgan fingerprint density at radius 1 is 1.35 bits per heavy atom. The van der Waals surface area contributed by atoms with Gasteiger partial charge in [-0.2, -0.15) is 0 Å². The quantitative estimate of drug-likeness (QED) is 0.595. The van der Waals surface area contributed by atoms with Gasteiger partial charge in [-0.05, 0) is 17.7 Å². The van der Waals surface area contributed by atoms with E-state index >= 15 is 0 Å². The molecule has 1 heterocycles. The molecule has 0 bridgehead atoms. The molecular weight excluding hydrogens is 247 g/mol. The van der Waals surface area contributed by atoms with E-state index < -0.39 is 18.2 Å². The second-order valence-electron chi connectivity index (χ2n) is 3.40. The van der Waals surface area contributed by atoms with E-state index in [1.54, 1.807) is 0 Å². The van der Waals surface area contributed by atoms with Crippen LogP contribution in [0.1, 0.15) is 11.7 Å². The number of carbonyl (C=O) groups excluding carboxylic acids is 1. The fraction of sp³-hybridized carbons (Fsp3) is 0.273. The largest absolute Gasteiger partial charge is 0.466 e. The van der Waals surface area contributed by atoms with Crippen molar-refractivity contribution in [2.75, 3.05) is 7.11 Å². The minimum atomic E-state index is -0.946. The maximum Gasteiger partial charge on any atom is 0.354 e. The molecule has 0 saturated carbocycles. The molecule has 1 aliphatic rings. The van der Waals surface area contributed by atoms with Crippen LogP contribution in [0, 0.1) is 5.82 Å². The van der Waals surface area contributed by atoms with Crippen molar-refractivity contribution in [3.63, 3.8) is 0 Å². The Labute approximate surface area is 102 Å². The van der Waals surface area contributed by atoms with Gasteiger partial charge in [0.2, 0.25) is 6.10 Å².